The van der Waals surface area contributed by atoms with Gasteiger partial charge in [0.2, 0.25) is 11.8 Å². The molecule has 2 heterocycles. The van der Waals surface area contributed by atoms with Crippen molar-refractivity contribution in [3.63, 3.8) is 0 Å². The molecule has 5 heteroatoms. The first-order chi connectivity index (χ1) is 12.6. The van der Waals surface area contributed by atoms with Crippen LogP contribution >= 0.6 is 0 Å². The molecule has 2 fully saturated rings. The lowest BCUT2D eigenvalue weighted by molar-refractivity contribution is -0.146. The molecule has 1 atom stereocenters. The van der Waals surface area contributed by atoms with E-state index in [0.29, 0.717) is 32.5 Å². The number of carbonyl (C=O) groups is 2. The Hall–Kier alpha value is -2.30. The largest absolute Gasteiger partial charge is 0.497 e. The summed E-state index contributed by atoms with van der Waals surface area (Å²) in [6.45, 7) is 6.31. The first-order valence-corrected chi connectivity index (χ1v) is 9.39. The van der Waals surface area contributed by atoms with E-state index in [-0.39, 0.29) is 17.2 Å². The van der Waals surface area contributed by atoms with Gasteiger partial charge in [-0.15, -0.1) is 6.58 Å². The van der Waals surface area contributed by atoms with E-state index < -0.39 is 0 Å². The summed E-state index contributed by atoms with van der Waals surface area (Å²) >= 11 is 0. The highest BCUT2D eigenvalue weighted by Gasteiger charge is 2.49. The highest BCUT2D eigenvalue weighted by atomic mass is 16.5. The van der Waals surface area contributed by atoms with E-state index in [0.717, 1.165) is 37.1 Å². The van der Waals surface area contributed by atoms with Gasteiger partial charge in [-0.2, -0.15) is 0 Å². The summed E-state index contributed by atoms with van der Waals surface area (Å²) in [6, 6.07) is 7.87. The van der Waals surface area contributed by atoms with Gasteiger partial charge >= 0.3 is 0 Å². The molecule has 1 spiro atoms. The fourth-order valence-electron chi connectivity index (χ4n) is 4.14. The third-order valence-corrected chi connectivity index (χ3v) is 5.60. The average molecular weight is 356 g/mol. The zero-order valence-electron chi connectivity index (χ0n) is 15.6. The molecule has 0 N–H and O–H groups in total. The summed E-state index contributed by atoms with van der Waals surface area (Å²) < 4.78 is 5.28. The minimum absolute atomic E-state index is 0.138. The topological polar surface area (TPSA) is 49.9 Å². The Morgan fingerprint density at radius 1 is 1.35 bits per heavy atom. The summed E-state index contributed by atoms with van der Waals surface area (Å²) in [5, 5.41) is 0. The van der Waals surface area contributed by atoms with Crippen molar-refractivity contribution in [1.29, 1.82) is 0 Å². The molecular weight excluding hydrogens is 328 g/mol. The number of nitrogens with zero attached hydrogens (tertiary/aromatic N) is 2. The fraction of sp³-hybridized carbons (Fsp3) is 0.524. The average Bonchev–Trinajstić information content (AvgIpc) is 3.09. The maximum Gasteiger partial charge on any atom is 0.230 e. The van der Waals surface area contributed by atoms with Crippen molar-refractivity contribution in [2.75, 3.05) is 26.7 Å². The second-order valence-electron chi connectivity index (χ2n) is 7.35. The van der Waals surface area contributed by atoms with Crippen LogP contribution in [-0.4, -0.2) is 48.4 Å². The van der Waals surface area contributed by atoms with Crippen LogP contribution < -0.4 is 4.74 Å². The predicted octanol–water partition coefficient (Wildman–Crippen LogP) is 3.00. The fourth-order valence-corrected chi connectivity index (χ4v) is 4.14. The number of ether oxygens (including phenoxy) is 1. The molecule has 2 saturated heterocycles. The number of piperidine rings is 1. The lowest BCUT2D eigenvalue weighted by Gasteiger charge is -2.39. The van der Waals surface area contributed by atoms with E-state index in [2.05, 4.69) is 6.58 Å². The third kappa shape index (κ3) is 3.76. The van der Waals surface area contributed by atoms with Gasteiger partial charge in [-0.1, -0.05) is 18.2 Å². The molecule has 0 unspecified atom stereocenters. The molecule has 3 rings (SSSR count). The minimum atomic E-state index is -0.388. The summed E-state index contributed by atoms with van der Waals surface area (Å²) in [6.07, 6.45) is 5.60. The molecule has 0 aliphatic carbocycles. The molecule has 2 aliphatic rings. The van der Waals surface area contributed by atoms with Crippen molar-refractivity contribution < 1.29 is 14.3 Å². The Morgan fingerprint density at radius 3 is 2.96 bits per heavy atom. The van der Waals surface area contributed by atoms with Crippen LogP contribution in [0.25, 0.3) is 0 Å². The van der Waals surface area contributed by atoms with E-state index in [1.807, 2.05) is 34.1 Å². The number of rotatable bonds is 6. The summed E-state index contributed by atoms with van der Waals surface area (Å²) in [5.41, 5.74) is 0.688. The second kappa shape index (κ2) is 7.94. The Balaban J connectivity index is 1.67. The van der Waals surface area contributed by atoms with Crippen LogP contribution in [0.5, 0.6) is 5.75 Å². The van der Waals surface area contributed by atoms with Gasteiger partial charge in [0.1, 0.15) is 5.75 Å². The smallest absolute Gasteiger partial charge is 0.230 e. The lowest BCUT2D eigenvalue weighted by Crippen LogP contribution is -2.50. The van der Waals surface area contributed by atoms with Crippen LogP contribution in [0.3, 0.4) is 0 Å². The van der Waals surface area contributed by atoms with Gasteiger partial charge in [0, 0.05) is 32.6 Å². The lowest BCUT2D eigenvalue weighted by atomic mass is 9.78. The van der Waals surface area contributed by atoms with Crippen LogP contribution in [0, 0.1) is 5.41 Å². The van der Waals surface area contributed by atoms with Crippen LogP contribution in [0.2, 0.25) is 0 Å². The molecule has 26 heavy (non-hydrogen) atoms. The molecule has 1 aromatic rings. The number of carbonyl (C=O) groups excluding carboxylic acids is 2. The highest BCUT2D eigenvalue weighted by molar-refractivity contribution is 5.86. The van der Waals surface area contributed by atoms with Crippen molar-refractivity contribution in [3.8, 4) is 5.75 Å². The van der Waals surface area contributed by atoms with Gasteiger partial charge in [0.15, 0.2) is 0 Å². The summed E-state index contributed by atoms with van der Waals surface area (Å²) in [5.74, 6) is 1.15. The maximum absolute atomic E-state index is 13.2. The Kier molecular flexibility index (Phi) is 5.64. The maximum atomic E-state index is 13.2. The number of methoxy groups -OCH3 is 1. The molecular formula is C21H28N2O3. The van der Waals surface area contributed by atoms with E-state index in [9.17, 15) is 9.59 Å². The van der Waals surface area contributed by atoms with Gasteiger partial charge in [-0.25, -0.2) is 0 Å². The molecule has 0 aromatic heterocycles. The van der Waals surface area contributed by atoms with Crippen LogP contribution in [0.15, 0.2) is 36.9 Å². The summed E-state index contributed by atoms with van der Waals surface area (Å²) in [7, 11) is 1.65. The quantitative estimate of drug-likeness (QED) is 0.736. The molecule has 0 bridgehead atoms. The molecule has 0 saturated carbocycles. The Morgan fingerprint density at radius 2 is 2.19 bits per heavy atom. The minimum Gasteiger partial charge on any atom is -0.497 e. The van der Waals surface area contributed by atoms with Crippen LogP contribution in [-0.2, 0) is 16.1 Å². The van der Waals surface area contributed by atoms with E-state index >= 15 is 0 Å². The van der Waals surface area contributed by atoms with E-state index in [1.54, 1.807) is 13.2 Å². The van der Waals surface area contributed by atoms with Crippen molar-refractivity contribution in [2.24, 2.45) is 5.41 Å². The number of hydrogen-bond acceptors (Lipinski definition) is 3. The van der Waals surface area contributed by atoms with Gasteiger partial charge in [0.05, 0.1) is 12.5 Å². The predicted molar refractivity (Wildman–Crippen MR) is 101 cm³/mol. The van der Waals surface area contributed by atoms with Crippen LogP contribution in [0.1, 0.15) is 37.7 Å². The number of allylic oxidation sites excluding steroid dienone is 1. The van der Waals surface area contributed by atoms with Gasteiger partial charge in [-0.3, -0.25) is 9.59 Å². The first-order valence-electron chi connectivity index (χ1n) is 9.39. The number of benzene rings is 1. The van der Waals surface area contributed by atoms with Crippen molar-refractivity contribution in [2.45, 2.75) is 38.6 Å². The van der Waals surface area contributed by atoms with E-state index in [1.165, 1.54) is 0 Å². The normalized spacial score (nSPS) is 22.7. The Bertz CT molecular complexity index is 688. The highest BCUT2D eigenvalue weighted by Crippen LogP contribution is 2.40. The van der Waals surface area contributed by atoms with E-state index in [4.69, 9.17) is 4.74 Å². The second-order valence-corrected chi connectivity index (χ2v) is 7.35. The van der Waals surface area contributed by atoms with Crippen LogP contribution in [0.4, 0.5) is 0 Å². The van der Waals surface area contributed by atoms with Gasteiger partial charge in [-0.05, 0) is 43.4 Å². The molecule has 140 valence electrons. The van der Waals surface area contributed by atoms with Crippen molar-refractivity contribution in [1.82, 2.24) is 9.80 Å². The van der Waals surface area contributed by atoms with Gasteiger partial charge < -0.3 is 14.5 Å². The Labute approximate surface area is 155 Å². The number of likely N-dealkylation sites (tertiary alicyclic amines) is 2. The van der Waals surface area contributed by atoms with Crippen molar-refractivity contribution in [3.05, 3.63) is 42.5 Å². The van der Waals surface area contributed by atoms with Crippen molar-refractivity contribution >= 4 is 11.8 Å². The molecule has 2 amide bonds. The SMILES string of the molecule is C=CCCC(=O)N1CC[C@@]2(CCCN(Cc3cccc(OC)c3)C2=O)C1. The zero-order valence-corrected chi connectivity index (χ0v) is 15.6. The summed E-state index contributed by atoms with van der Waals surface area (Å²) in [4.78, 5) is 29.4. The molecule has 0 radical (unpaired) electrons. The first kappa shape index (κ1) is 18.5. The molecule has 2 aliphatic heterocycles. The third-order valence-electron chi connectivity index (χ3n) is 5.60. The standard InChI is InChI=1S/C21H28N2O3/c1-3-4-9-19(24)23-13-11-21(16-23)10-6-12-22(20(21)25)15-17-7-5-8-18(14-17)26-2/h3,5,7-8,14H,1,4,6,9-13,15-16H2,2H3/t21-/m0/s1. The number of hydrogen-bond donors (Lipinski definition) is 0. The molecule has 1 aromatic carbocycles. The number of amides is 2. The van der Waals surface area contributed by atoms with Gasteiger partial charge in [0.25, 0.3) is 0 Å². The zero-order chi connectivity index (χ0) is 18.6. The monoisotopic (exact) mass is 356 g/mol. The molecule has 5 nitrogen and oxygen atoms in total.